The molecule has 172 valence electrons. The Morgan fingerprint density at radius 1 is 0.939 bits per heavy atom. The minimum atomic E-state index is -0.651. The first-order valence-corrected chi connectivity index (χ1v) is 12.1. The number of hydrogen-bond acceptors (Lipinski definition) is 3. The molecular weight excluding hydrogens is 527 g/mol. The normalized spacial score (nSPS) is 11.5. The lowest BCUT2D eigenvalue weighted by Crippen LogP contribution is -2.51. The van der Waals surface area contributed by atoms with Crippen molar-refractivity contribution in [3.05, 3.63) is 99.1 Å². The van der Waals surface area contributed by atoms with E-state index in [1.54, 1.807) is 4.90 Å². The molecule has 0 aromatic heterocycles. The summed E-state index contributed by atoms with van der Waals surface area (Å²) in [5.41, 5.74) is 3.10. The average Bonchev–Trinajstić information content (AvgIpc) is 2.82. The number of nitrogens with zero attached hydrogens (tertiary/aromatic N) is 1. The summed E-state index contributed by atoms with van der Waals surface area (Å²) in [5.74, 6) is 0.217. The Labute approximate surface area is 209 Å². The SMILES string of the molecule is CCNC(=O)[C@@H](Cc1ccccc1)N(Cc1ccc(C)cc1)C(=O)COc1ccc(I)cc1. The molecule has 3 aromatic carbocycles. The van der Waals surface area contributed by atoms with Crippen molar-refractivity contribution in [2.45, 2.75) is 32.9 Å². The molecule has 33 heavy (non-hydrogen) atoms. The van der Waals surface area contributed by atoms with Crippen LogP contribution >= 0.6 is 22.6 Å². The molecule has 1 atom stereocenters. The number of likely N-dealkylation sites (N-methyl/N-ethyl adjacent to an activating group) is 1. The number of carbonyl (C=O) groups excluding carboxylic acids is 2. The lowest BCUT2D eigenvalue weighted by molar-refractivity contribution is -0.142. The molecule has 0 aliphatic carbocycles. The highest BCUT2D eigenvalue weighted by Crippen LogP contribution is 2.17. The van der Waals surface area contributed by atoms with E-state index in [9.17, 15) is 9.59 Å². The lowest BCUT2D eigenvalue weighted by atomic mass is 10.0. The highest BCUT2D eigenvalue weighted by atomic mass is 127. The van der Waals surface area contributed by atoms with Crippen LogP contribution in [-0.2, 0) is 22.6 Å². The van der Waals surface area contributed by atoms with E-state index in [1.807, 2.05) is 92.7 Å². The second-order valence-electron chi connectivity index (χ2n) is 7.85. The van der Waals surface area contributed by atoms with Crippen molar-refractivity contribution < 1.29 is 14.3 Å². The van der Waals surface area contributed by atoms with Gasteiger partial charge in [-0.25, -0.2) is 0 Å². The molecule has 0 aliphatic rings. The number of nitrogens with one attached hydrogen (secondary N) is 1. The third kappa shape index (κ3) is 7.60. The van der Waals surface area contributed by atoms with Crippen LogP contribution in [0.3, 0.4) is 0 Å². The number of halogens is 1. The van der Waals surface area contributed by atoms with E-state index < -0.39 is 6.04 Å². The highest BCUT2D eigenvalue weighted by Gasteiger charge is 2.30. The molecule has 3 aromatic rings. The van der Waals surface area contributed by atoms with Crippen LogP contribution in [0.5, 0.6) is 5.75 Å². The van der Waals surface area contributed by atoms with Gasteiger partial charge in [-0.2, -0.15) is 0 Å². The van der Waals surface area contributed by atoms with Gasteiger partial charge in [-0.05, 0) is 71.8 Å². The predicted molar refractivity (Wildman–Crippen MR) is 139 cm³/mol. The summed E-state index contributed by atoms with van der Waals surface area (Å²) in [6.07, 6.45) is 0.424. The Bertz CT molecular complexity index is 1040. The molecule has 0 aliphatic heterocycles. The zero-order chi connectivity index (χ0) is 23.6. The lowest BCUT2D eigenvalue weighted by Gasteiger charge is -2.31. The maximum Gasteiger partial charge on any atom is 0.261 e. The molecule has 0 unspecified atom stereocenters. The standard InChI is InChI=1S/C27H29IN2O3/c1-3-29-27(32)25(17-21-7-5-4-6-8-21)30(18-22-11-9-20(2)10-12-22)26(31)19-33-24-15-13-23(28)14-16-24/h4-16,25H,3,17-19H2,1-2H3,(H,29,32)/t25-/m1/s1. The first-order chi connectivity index (χ1) is 16.0. The van der Waals surface area contributed by atoms with Crippen LogP contribution in [0.15, 0.2) is 78.9 Å². The van der Waals surface area contributed by atoms with Gasteiger partial charge in [0.1, 0.15) is 11.8 Å². The molecule has 3 rings (SSSR count). The van der Waals surface area contributed by atoms with E-state index in [4.69, 9.17) is 4.74 Å². The summed E-state index contributed by atoms with van der Waals surface area (Å²) in [6, 6.07) is 24.7. The maximum atomic E-state index is 13.4. The van der Waals surface area contributed by atoms with Crippen LogP contribution in [0.4, 0.5) is 0 Å². The molecule has 5 nitrogen and oxygen atoms in total. The van der Waals surface area contributed by atoms with E-state index in [-0.39, 0.29) is 18.4 Å². The van der Waals surface area contributed by atoms with Gasteiger partial charge in [0.2, 0.25) is 5.91 Å². The van der Waals surface area contributed by atoms with Crippen molar-refractivity contribution in [2.75, 3.05) is 13.2 Å². The molecule has 1 N–H and O–H groups in total. The summed E-state index contributed by atoms with van der Waals surface area (Å²) in [5, 5.41) is 2.90. The largest absolute Gasteiger partial charge is 0.484 e. The fourth-order valence-corrected chi connectivity index (χ4v) is 3.85. The van der Waals surface area contributed by atoms with Gasteiger partial charge in [0.25, 0.3) is 5.91 Å². The van der Waals surface area contributed by atoms with Crippen LogP contribution in [0.25, 0.3) is 0 Å². The van der Waals surface area contributed by atoms with Crippen LogP contribution in [-0.4, -0.2) is 35.9 Å². The van der Waals surface area contributed by atoms with Crippen molar-refractivity contribution in [3.8, 4) is 5.75 Å². The van der Waals surface area contributed by atoms with Gasteiger partial charge < -0.3 is 15.0 Å². The number of carbonyl (C=O) groups is 2. The quantitative estimate of drug-likeness (QED) is 0.367. The molecule has 0 saturated carbocycles. The van der Waals surface area contributed by atoms with Gasteiger partial charge in [0.15, 0.2) is 6.61 Å². The van der Waals surface area contributed by atoms with Gasteiger partial charge in [-0.3, -0.25) is 9.59 Å². The minimum absolute atomic E-state index is 0.142. The summed E-state index contributed by atoms with van der Waals surface area (Å²) in [4.78, 5) is 28.2. The third-order valence-corrected chi connectivity index (χ3v) is 5.99. The van der Waals surface area contributed by atoms with Crippen LogP contribution in [0.2, 0.25) is 0 Å². The molecule has 0 bridgehead atoms. The Balaban J connectivity index is 1.87. The Kier molecular flexibility index (Phi) is 9.30. The van der Waals surface area contributed by atoms with Crippen molar-refractivity contribution >= 4 is 34.4 Å². The Morgan fingerprint density at radius 3 is 2.24 bits per heavy atom. The van der Waals surface area contributed by atoms with Gasteiger partial charge in [-0.1, -0.05) is 60.2 Å². The van der Waals surface area contributed by atoms with Gasteiger partial charge in [0.05, 0.1) is 0 Å². The Hall–Kier alpha value is -2.87. The number of rotatable bonds is 10. The molecule has 0 heterocycles. The monoisotopic (exact) mass is 556 g/mol. The smallest absolute Gasteiger partial charge is 0.261 e. The molecule has 2 amide bonds. The first-order valence-electron chi connectivity index (χ1n) is 11.0. The summed E-state index contributed by atoms with van der Waals surface area (Å²) in [6.45, 7) is 4.58. The summed E-state index contributed by atoms with van der Waals surface area (Å²) < 4.78 is 6.86. The molecule has 6 heteroatoms. The maximum absolute atomic E-state index is 13.4. The highest BCUT2D eigenvalue weighted by molar-refractivity contribution is 14.1. The average molecular weight is 556 g/mol. The molecule has 0 radical (unpaired) electrons. The second kappa shape index (κ2) is 12.4. The van der Waals surface area contributed by atoms with Crippen molar-refractivity contribution in [3.63, 3.8) is 0 Å². The third-order valence-electron chi connectivity index (χ3n) is 5.27. The number of amides is 2. The minimum Gasteiger partial charge on any atom is -0.484 e. The second-order valence-corrected chi connectivity index (χ2v) is 9.10. The van der Waals surface area contributed by atoms with E-state index >= 15 is 0 Å². The topological polar surface area (TPSA) is 58.6 Å². The summed E-state index contributed by atoms with van der Waals surface area (Å²) in [7, 11) is 0. The predicted octanol–water partition coefficient (Wildman–Crippen LogP) is 4.75. The first kappa shape index (κ1) is 24.8. The van der Waals surface area contributed by atoms with E-state index in [0.717, 1.165) is 20.3 Å². The molecule has 0 fully saturated rings. The van der Waals surface area contributed by atoms with Crippen molar-refractivity contribution in [1.29, 1.82) is 0 Å². The fourth-order valence-electron chi connectivity index (χ4n) is 3.49. The zero-order valence-corrected chi connectivity index (χ0v) is 21.1. The molecule has 0 spiro atoms. The molecular formula is C27H29IN2O3. The zero-order valence-electron chi connectivity index (χ0n) is 19.0. The van der Waals surface area contributed by atoms with Crippen molar-refractivity contribution in [1.82, 2.24) is 10.2 Å². The van der Waals surface area contributed by atoms with E-state index in [2.05, 4.69) is 27.9 Å². The van der Waals surface area contributed by atoms with Crippen molar-refractivity contribution in [2.24, 2.45) is 0 Å². The fraction of sp³-hybridized carbons (Fsp3) is 0.259. The van der Waals surface area contributed by atoms with Gasteiger partial charge in [0, 0.05) is 23.1 Å². The van der Waals surface area contributed by atoms with Crippen LogP contribution < -0.4 is 10.1 Å². The van der Waals surface area contributed by atoms with Gasteiger partial charge >= 0.3 is 0 Å². The van der Waals surface area contributed by atoms with E-state index in [1.165, 1.54) is 0 Å². The van der Waals surface area contributed by atoms with Gasteiger partial charge in [-0.15, -0.1) is 0 Å². The van der Waals surface area contributed by atoms with Crippen LogP contribution in [0.1, 0.15) is 23.6 Å². The molecule has 0 saturated heterocycles. The number of aryl methyl sites for hydroxylation is 1. The van der Waals surface area contributed by atoms with E-state index in [0.29, 0.717) is 25.3 Å². The Morgan fingerprint density at radius 2 is 1.61 bits per heavy atom. The number of ether oxygens (including phenoxy) is 1. The van der Waals surface area contributed by atoms with Crippen LogP contribution in [0, 0.1) is 10.5 Å². The summed E-state index contributed by atoms with van der Waals surface area (Å²) >= 11 is 2.22. The number of benzene rings is 3. The number of hydrogen-bond donors (Lipinski definition) is 1.